The maximum atomic E-state index is 13.6. The lowest BCUT2D eigenvalue weighted by atomic mass is 9.94. The van der Waals surface area contributed by atoms with Crippen molar-refractivity contribution in [2.75, 3.05) is 66.6 Å². The molecule has 5 saturated heterocycles. The van der Waals surface area contributed by atoms with Crippen molar-refractivity contribution >= 4 is 11.9 Å². The van der Waals surface area contributed by atoms with Gasteiger partial charge in [0.05, 0.1) is 38.1 Å². The molecule has 5 aliphatic rings. The van der Waals surface area contributed by atoms with Crippen LogP contribution in [0.1, 0.15) is 119 Å². The number of hydrogen-bond donors (Lipinski definition) is 7. The highest BCUT2D eigenvalue weighted by Crippen LogP contribution is 2.40. The number of aliphatic carboxylic acids is 2. The van der Waals surface area contributed by atoms with Crippen molar-refractivity contribution in [1.82, 2.24) is 0 Å². The Labute approximate surface area is 517 Å². The summed E-state index contributed by atoms with van der Waals surface area (Å²) in [5.41, 5.74) is 29.5. The van der Waals surface area contributed by atoms with Gasteiger partial charge < -0.3 is 112 Å². The predicted octanol–water partition coefficient (Wildman–Crippen LogP) is 3.81. The number of carbonyl (C=O) groups is 2. The first-order valence-corrected chi connectivity index (χ1v) is 31.0. The molecule has 89 heavy (non-hydrogen) atoms. The molecular formula is C55H95N9O25. The largest absolute Gasteiger partial charge is 0.479 e. The van der Waals surface area contributed by atoms with Crippen molar-refractivity contribution in [3.8, 4) is 0 Å². The number of rotatable bonds is 41. The number of ether oxygens (including phenoxy) is 16. The second kappa shape index (κ2) is 40.2. The Kier molecular flexibility index (Phi) is 34.2. The van der Waals surface area contributed by atoms with Gasteiger partial charge in [-0.1, -0.05) is 95.4 Å². The van der Waals surface area contributed by atoms with Gasteiger partial charge in [0.25, 0.3) is 0 Å². The summed E-state index contributed by atoms with van der Waals surface area (Å²) in [6, 6.07) is -4.44. The van der Waals surface area contributed by atoms with Crippen LogP contribution in [0.5, 0.6) is 0 Å². The molecule has 0 bridgehead atoms. The molecule has 34 nitrogen and oxygen atoms in total. The van der Waals surface area contributed by atoms with Gasteiger partial charge in [0.15, 0.2) is 43.7 Å². The van der Waals surface area contributed by atoms with Crippen LogP contribution in [0.2, 0.25) is 0 Å². The molecule has 0 aromatic carbocycles. The minimum Gasteiger partial charge on any atom is -0.479 e. The second-order valence-corrected chi connectivity index (χ2v) is 22.0. The predicted molar refractivity (Wildman–Crippen MR) is 305 cm³/mol. The van der Waals surface area contributed by atoms with Crippen LogP contribution in [0.25, 0.3) is 31.3 Å². The van der Waals surface area contributed by atoms with E-state index in [-0.39, 0.29) is 39.6 Å². The number of carboxylic acid groups (broad SMARTS) is 2. The zero-order chi connectivity index (χ0) is 65.0. The number of aliphatic hydroxyl groups is 5. The molecular weight excluding hydrogens is 1190 g/mol. The fourth-order valence-electron chi connectivity index (χ4n) is 10.9. The third-order valence-electron chi connectivity index (χ3n) is 15.7. The van der Waals surface area contributed by atoms with Gasteiger partial charge in [-0.15, -0.1) is 0 Å². The van der Waals surface area contributed by atoms with Gasteiger partial charge in [-0.25, -0.2) is 9.59 Å². The molecule has 510 valence electrons. The Hall–Kier alpha value is -3.97. The molecule has 5 aliphatic heterocycles. The SMILES string of the molecule is CCCCOC1C(OCCCC)[C@H](O[C@H]2OC(CO)[C@@H](OCCCC)C(OCCCC)C2N=[N+]=[N-])C(C(=O)O)O[C@H]1O[C@H]1C(O)C(N=[N+]=[N-])[C@H](O[C@H]2C(C(=O)O)O[C@@H](O[C@@H]3C(CO)O[C@H](OC)C(N=[N+]=[N-])C3OCCCC)C(O)C2OCCCC)O[C@@H]1CO. The summed E-state index contributed by atoms with van der Waals surface area (Å²) in [6.07, 6.45) is -28.3. The fourth-order valence-corrected chi connectivity index (χ4v) is 10.9. The van der Waals surface area contributed by atoms with Gasteiger partial charge in [0, 0.05) is 61.5 Å². The maximum Gasteiger partial charge on any atom is 0.335 e. The van der Waals surface area contributed by atoms with Gasteiger partial charge in [-0.05, 0) is 55.1 Å². The summed E-state index contributed by atoms with van der Waals surface area (Å²) in [5.74, 6) is -3.31. The third kappa shape index (κ3) is 20.3. The number of aliphatic hydroxyl groups excluding tert-OH is 5. The van der Waals surface area contributed by atoms with Crippen molar-refractivity contribution in [3.63, 3.8) is 0 Å². The van der Waals surface area contributed by atoms with E-state index in [0.29, 0.717) is 64.2 Å². The number of carboxylic acids is 2. The van der Waals surface area contributed by atoms with Crippen LogP contribution in [0.4, 0.5) is 0 Å². The Morgan fingerprint density at radius 3 is 1.18 bits per heavy atom. The molecule has 0 aromatic heterocycles. The van der Waals surface area contributed by atoms with Crippen molar-refractivity contribution in [1.29, 1.82) is 0 Å². The lowest BCUT2D eigenvalue weighted by Gasteiger charge is -2.51. The highest BCUT2D eigenvalue weighted by atomic mass is 16.8. The maximum absolute atomic E-state index is 13.6. The molecule has 5 rings (SSSR count). The molecule has 0 saturated carbocycles. The number of methoxy groups -OCH3 is 1. The smallest absolute Gasteiger partial charge is 0.335 e. The third-order valence-corrected chi connectivity index (χ3v) is 15.7. The zero-order valence-electron chi connectivity index (χ0n) is 51.8. The van der Waals surface area contributed by atoms with E-state index < -0.39 is 185 Å². The highest BCUT2D eigenvalue weighted by Gasteiger charge is 2.60. The van der Waals surface area contributed by atoms with E-state index in [9.17, 15) is 61.9 Å². The van der Waals surface area contributed by atoms with Gasteiger partial charge in [-0.2, -0.15) is 0 Å². The zero-order valence-corrected chi connectivity index (χ0v) is 51.8. The summed E-state index contributed by atoms with van der Waals surface area (Å²) in [6.45, 7) is 9.62. The molecule has 0 radical (unpaired) electrons. The first-order valence-electron chi connectivity index (χ1n) is 31.0. The monoisotopic (exact) mass is 1280 g/mol. The summed E-state index contributed by atoms with van der Waals surface area (Å²) < 4.78 is 99.5. The lowest BCUT2D eigenvalue weighted by molar-refractivity contribution is -0.380. The number of unbranched alkanes of at least 4 members (excludes halogenated alkanes) is 6. The van der Waals surface area contributed by atoms with Gasteiger partial charge in [0.1, 0.15) is 91.4 Å². The molecule has 0 aliphatic carbocycles. The molecule has 7 N–H and O–H groups in total. The molecule has 25 atom stereocenters. The van der Waals surface area contributed by atoms with Crippen LogP contribution in [-0.2, 0) is 85.4 Å². The van der Waals surface area contributed by atoms with E-state index in [2.05, 4.69) is 30.1 Å². The topological polar surface area (TPSA) is 470 Å². The molecule has 14 unspecified atom stereocenters. The summed E-state index contributed by atoms with van der Waals surface area (Å²) in [5, 5.41) is 90.4. The fraction of sp³-hybridized carbons (Fsp3) is 0.964. The summed E-state index contributed by atoms with van der Waals surface area (Å²) in [4.78, 5) is 35.9. The Morgan fingerprint density at radius 2 is 0.730 bits per heavy atom. The Bertz CT molecular complexity index is 2210. The van der Waals surface area contributed by atoms with Crippen LogP contribution < -0.4 is 0 Å². The first kappa shape index (κ1) is 75.7. The van der Waals surface area contributed by atoms with Crippen molar-refractivity contribution < 1.29 is 121 Å². The minimum absolute atomic E-state index is 0.00653. The molecule has 0 aromatic rings. The number of hydrogen-bond acceptors (Lipinski definition) is 26. The summed E-state index contributed by atoms with van der Waals surface area (Å²) >= 11 is 0. The second-order valence-electron chi connectivity index (χ2n) is 22.0. The normalized spacial score (nSPS) is 37.4. The van der Waals surface area contributed by atoms with E-state index in [1.165, 1.54) is 7.11 Å². The van der Waals surface area contributed by atoms with Crippen LogP contribution in [0.3, 0.4) is 0 Å². The lowest BCUT2D eigenvalue weighted by Crippen LogP contribution is -2.69. The van der Waals surface area contributed by atoms with E-state index in [1.807, 2.05) is 41.5 Å². The van der Waals surface area contributed by atoms with Crippen molar-refractivity contribution in [3.05, 3.63) is 31.3 Å². The molecule has 5 heterocycles. The van der Waals surface area contributed by atoms with Gasteiger partial charge in [-0.3, -0.25) is 0 Å². The molecule has 5 fully saturated rings. The molecule has 34 heteroatoms. The van der Waals surface area contributed by atoms with Crippen LogP contribution in [0.15, 0.2) is 15.3 Å². The average molecular weight is 1280 g/mol. The van der Waals surface area contributed by atoms with Crippen LogP contribution in [-0.4, -0.2) is 268 Å². The summed E-state index contributed by atoms with van der Waals surface area (Å²) in [7, 11) is 1.28. The van der Waals surface area contributed by atoms with Crippen molar-refractivity contribution in [2.45, 2.75) is 272 Å². The number of nitrogens with zero attached hydrogens (tertiary/aromatic N) is 9. The van der Waals surface area contributed by atoms with E-state index >= 15 is 0 Å². The Morgan fingerprint density at radius 1 is 0.393 bits per heavy atom. The number of azide groups is 3. The van der Waals surface area contributed by atoms with E-state index in [4.69, 9.17) is 75.8 Å². The first-order chi connectivity index (χ1) is 43.1. The van der Waals surface area contributed by atoms with Gasteiger partial charge >= 0.3 is 11.9 Å². The Balaban J connectivity index is 1.51. The quantitative estimate of drug-likeness (QED) is 0.0198. The average Bonchev–Trinajstić information content (AvgIpc) is 1.16. The van der Waals surface area contributed by atoms with Crippen LogP contribution >= 0.6 is 0 Å². The minimum atomic E-state index is -2.12. The van der Waals surface area contributed by atoms with Gasteiger partial charge in [0.2, 0.25) is 0 Å². The van der Waals surface area contributed by atoms with E-state index in [0.717, 1.165) is 12.8 Å². The molecule has 0 amide bonds. The van der Waals surface area contributed by atoms with Crippen molar-refractivity contribution in [2.24, 2.45) is 15.3 Å². The van der Waals surface area contributed by atoms with Crippen LogP contribution in [0, 0.1) is 0 Å². The molecule has 0 spiro atoms. The van der Waals surface area contributed by atoms with E-state index in [1.54, 1.807) is 0 Å². The standard InChI is InChI=1S/C55H95N9O25/c1-8-14-20-75-38-30(27-66)83-53(34(61-64-58)40(38)76-21-15-9-2)87-45-43(79-24-18-12-5)48(80-25-19-13-6)55(89-47(45)50(72)73)84-37-29(26-65)82-52(32(35(37)68)59-62-56)86-44-42(78-23-17-11-4)36(69)54(88-46(44)49(70)71)85-39-31(28-67)81-51(74-7)33(60-63-57)41(39)77-22-16-10-3/h29-48,51-55,65-69H,8-28H2,1-7H3,(H,70,71)(H,72,73)/t29-,30?,31?,32?,33?,34?,35?,36?,37-,38-,39-,40?,41?,42?,43?,44-,45+,46?,47?,48?,51+,52+,53-,54-,55-/m1/s1. The highest BCUT2D eigenvalue weighted by molar-refractivity contribution is 5.74.